The van der Waals surface area contributed by atoms with Gasteiger partial charge >= 0.3 is 0 Å². The van der Waals surface area contributed by atoms with Gasteiger partial charge in [0.15, 0.2) is 0 Å². The third kappa shape index (κ3) is 6.27. The molecule has 0 aliphatic heterocycles. The molecule has 3 nitrogen and oxygen atoms in total. The molecule has 0 fully saturated rings. The Hall–Kier alpha value is -1.27. The van der Waals surface area contributed by atoms with Crippen LogP contribution in [0.25, 0.3) is 0 Å². The van der Waals surface area contributed by atoms with Crippen LogP contribution in [-0.2, 0) is 10.0 Å². The van der Waals surface area contributed by atoms with Crippen LogP contribution < -0.4 is 5.14 Å². The molecule has 0 amide bonds. The lowest BCUT2D eigenvalue weighted by Gasteiger charge is -1.93. The first-order valence-electron chi connectivity index (χ1n) is 3.42. The maximum Gasteiger partial charge on any atom is 0.263 e. The average Bonchev–Trinajstić information content (AvgIpc) is 2.03. The lowest BCUT2D eigenvalue weighted by molar-refractivity contribution is 0.426. The molecule has 0 saturated carbocycles. The van der Waals surface area contributed by atoms with Crippen molar-refractivity contribution < 1.29 is 17.2 Å². The molecule has 0 spiro atoms. The molecule has 0 aliphatic carbocycles. The van der Waals surface area contributed by atoms with Gasteiger partial charge < -0.3 is 0 Å². The summed E-state index contributed by atoms with van der Waals surface area (Å²) >= 11 is 0. The Kier molecular flexibility index (Phi) is 4.96. The summed E-state index contributed by atoms with van der Waals surface area (Å²) in [5.74, 6) is 0. The van der Waals surface area contributed by atoms with E-state index in [1.807, 2.05) is 0 Å². The van der Waals surface area contributed by atoms with E-state index in [2.05, 4.69) is 6.58 Å². The van der Waals surface area contributed by atoms with Crippen LogP contribution in [0.2, 0.25) is 0 Å². The van der Waals surface area contributed by atoms with Gasteiger partial charge in [0.25, 0.3) is 6.08 Å². The third-order valence-electron chi connectivity index (χ3n) is 1.07. The first-order valence-corrected chi connectivity index (χ1v) is 4.96. The predicted molar refractivity (Wildman–Crippen MR) is 49.2 cm³/mol. The summed E-state index contributed by atoms with van der Waals surface area (Å²) in [5, 5.41) is 4.83. The second-order valence-electron chi connectivity index (χ2n) is 2.20. The molecule has 1 aromatic rings. The molecule has 78 valence electrons. The van der Waals surface area contributed by atoms with Crippen LogP contribution in [0.15, 0.2) is 47.9 Å². The van der Waals surface area contributed by atoms with E-state index < -0.39 is 16.1 Å². The van der Waals surface area contributed by atoms with E-state index in [9.17, 15) is 17.2 Å². The molecule has 1 rings (SSSR count). The maximum atomic E-state index is 10.6. The summed E-state index contributed by atoms with van der Waals surface area (Å²) in [6.45, 7) is 2.22. The van der Waals surface area contributed by atoms with Crippen LogP contribution in [0.5, 0.6) is 0 Å². The monoisotopic (exact) mass is 221 g/mol. The van der Waals surface area contributed by atoms with Gasteiger partial charge in [0.1, 0.15) is 0 Å². The first kappa shape index (κ1) is 12.7. The van der Waals surface area contributed by atoms with Crippen molar-refractivity contribution in [2.24, 2.45) is 5.14 Å². The minimum atomic E-state index is -3.50. The van der Waals surface area contributed by atoms with E-state index >= 15 is 0 Å². The number of benzene rings is 1. The van der Waals surface area contributed by atoms with E-state index in [1.165, 1.54) is 12.1 Å². The summed E-state index contributed by atoms with van der Waals surface area (Å²) in [6, 6.07) is 7.89. The maximum absolute atomic E-state index is 10.6. The third-order valence-corrected chi connectivity index (χ3v) is 2.00. The van der Waals surface area contributed by atoms with E-state index in [0.717, 1.165) is 0 Å². The Morgan fingerprint density at radius 2 is 1.57 bits per heavy atom. The smallest absolute Gasteiger partial charge is 0.225 e. The number of halogens is 2. The van der Waals surface area contributed by atoms with Crippen LogP contribution in [0.3, 0.4) is 0 Å². The molecule has 0 atom stereocenters. The van der Waals surface area contributed by atoms with Gasteiger partial charge in [-0.3, -0.25) is 0 Å². The van der Waals surface area contributed by atoms with Gasteiger partial charge in [-0.15, -0.1) is 0 Å². The molecule has 0 aromatic heterocycles. The van der Waals surface area contributed by atoms with E-state index in [0.29, 0.717) is 0 Å². The molecular weight excluding hydrogens is 212 g/mol. The van der Waals surface area contributed by atoms with Gasteiger partial charge in [0, 0.05) is 0 Å². The van der Waals surface area contributed by atoms with Crippen molar-refractivity contribution in [3.05, 3.63) is 43.0 Å². The van der Waals surface area contributed by atoms with Crippen molar-refractivity contribution >= 4 is 10.0 Å². The Labute approximate surface area is 80.9 Å². The Morgan fingerprint density at radius 3 is 1.79 bits per heavy atom. The number of rotatable bonds is 1. The highest BCUT2D eigenvalue weighted by Gasteiger charge is 2.03. The number of sulfonamides is 1. The fraction of sp³-hybridized carbons (Fsp3) is 0. The lowest BCUT2D eigenvalue weighted by atomic mass is 10.4. The molecule has 6 heteroatoms. The van der Waals surface area contributed by atoms with Crippen LogP contribution in [0.1, 0.15) is 0 Å². The Morgan fingerprint density at radius 1 is 1.21 bits per heavy atom. The van der Waals surface area contributed by atoms with Gasteiger partial charge in [-0.05, 0) is 18.7 Å². The fourth-order valence-electron chi connectivity index (χ4n) is 0.610. The van der Waals surface area contributed by atoms with Crippen molar-refractivity contribution in [3.8, 4) is 0 Å². The number of hydrogen-bond acceptors (Lipinski definition) is 2. The summed E-state index contributed by atoms with van der Waals surface area (Å²) in [6.07, 6.45) is -1.83. The minimum Gasteiger partial charge on any atom is -0.225 e. The second-order valence-corrected chi connectivity index (χ2v) is 3.76. The highest BCUT2D eigenvalue weighted by Crippen LogP contribution is 2.02. The summed E-state index contributed by atoms with van der Waals surface area (Å²) in [5.41, 5.74) is 0. The standard InChI is InChI=1S/C6H7NO2S.C2H2F2/c7-10(8,9)6-4-2-1-3-5-6;1-2(3)4/h1-5H,(H2,7,8,9);1H2. The second kappa shape index (κ2) is 5.46. The summed E-state index contributed by atoms with van der Waals surface area (Å²) in [4.78, 5) is 0.148. The van der Waals surface area contributed by atoms with Crippen LogP contribution in [0.4, 0.5) is 8.78 Å². The molecule has 0 heterocycles. The average molecular weight is 221 g/mol. The Bertz CT molecular complexity index is 385. The normalized spacial score (nSPS) is 9.93. The molecule has 0 radical (unpaired) electrons. The fourth-order valence-corrected chi connectivity index (χ4v) is 1.15. The van der Waals surface area contributed by atoms with Gasteiger partial charge in [0.2, 0.25) is 10.0 Å². The van der Waals surface area contributed by atoms with E-state index in [1.54, 1.807) is 18.2 Å². The summed E-state index contributed by atoms with van der Waals surface area (Å²) < 4.78 is 41.5. The van der Waals surface area contributed by atoms with Crippen molar-refractivity contribution in [2.75, 3.05) is 0 Å². The minimum absolute atomic E-state index is 0.148. The molecule has 0 bridgehead atoms. The zero-order valence-electron chi connectivity index (χ0n) is 7.15. The number of primary sulfonamides is 1. The van der Waals surface area contributed by atoms with E-state index in [4.69, 9.17) is 5.14 Å². The topological polar surface area (TPSA) is 60.2 Å². The zero-order chi connectivity index (χ0) is 11.2. The number of hydrogen-bond donors (Lipinski definition) is 1. The molecule has 0 saturated heterocycles. The summed E-state index contributed by atoms with van der Waals surface area (Å²) in [7, 11) is -3.50. The van der Waals surface area contributed by atoms with Gasteiger partial charge in [-0.25, -0.2) is 13.6 Å². The van der Waals surface area contributed by atoms with Crippen molar-refractivity contribution in [3.63, 3.8) is 0 Å². The number of nitrogens with two attached hydrogens (primary N) is 1. The van der Waals surface area contributed by atoms with Gasteiger partial charge in [-0.2, -0.15) is 8.78 Å². The SMILES string of the molecule is C=C(F)F.NS(=O)(=O)c1ccccc1. The molecule has 1 aromatic carbocycles. The molecule has 0 aliphatic rings. The quantitative estimate of drug-likeness (QED) is 0.785. The zero-order valence-corrected chi connectivity index (χ0v) is 7.97. The van der Waals surface area contributed by atoms with Crippen LogP contribution in [-0.4, -0.2) is 8.42 Å². The van der Waals surface area contributed by atoms with Crippen molar-refractivity contribution in [2.45, 2.75) is 4.90 Å². The lowest BCUT2D eigenvalue weighted by Crippen LogP contribution is -2.11. The largest absolute Gasteiger partial charge is 0.263 e. The van der Waals surface area contributed by atoms with Crippen molar-refractivity contribution in [1.82, 2.24) is 0 Å². The molecule has 2 N–H and O–H groups in total. The highest BCUT2D eigenvalue weighted by molar-refractivity contribution is 7.89. The van der Waals surface area contributed by atoms with Crippen LogP contribution in [0, 0.1) is 0 Å². The van der Waals surface area contributed by atoms with Crippen LogP contribution >= 0.6 is 0 Å². The highest BCUT2D eigenvalue weighted by atomic mass is 32.2. The molecule has 14 heavy (non-hydrogen) atoms. The Balaban J connectivity index is 0.000000364. The van der Waals surface area contributed by atoms with E-state index in [-0.39, 0.29) is 4.90 Å². The van der Waals surface area contributed by atoms with Crippen molar-refractivity contribution in [1.29, 1.82) is 0 Å². The molecule has 0 unspecified atom stereocenters. The van der Waals surface area contributed by atoms with Gasteiger partial charge in [0.05, 0.1) is 4.90 Å². The molecular formula is C8H9F2NO2S. The van der Waals surface area contributed by atoms with Gasteiger partial charge in [-0.1, -0.05) is 18.2 Å². The predicted octanol–water partition coefficient (Wildman–Crippen LogP) is 1.73. The first-order chi connectivity index (χ1) is 6.34.